The molecule has 14 heavy (non-hydrogen) atoms. The van der Waals surface area contributed by atoms with Gasteiger partial charge in [-0.2, -0.15) is 0 Å². The Hall–Kier alpha value is -0.570. The van der Waals surface area contributed by atoms with Crippen molar-refractivity contribution < 1.29 is 4.79 Å². The number of carbonyl (C=O) groups is 1. The molecule has 3 nitrogen and oxygen atoms in total. The average molecular weight is 198 g/mol. The molecule has 0 aliphatic carbocycles. The highest BCUT2D eigenvalue weighted by atomic mass is 16.2. The number of nitrogens with zero attached hydrogens (tertiary/aromatic N) is 1. The summed E-state index contributed by atoms with van der Waals surface area (Å²) in [5, 5.41) is 0. The lowest BCUT2D eigenvalue weighted by atomic mass is 9.85. The zero-order valence-corrected chi connectivity index (χ0v) is 9.49. The summed E-state index contributed by atoms with van der Waals surface area (Å²) in [5.74, 6) is 1.19. The van der Waals surface area contributed by atoms with E-state index in [0.717, 1.165) is 19.5 Å². The van der Waals surface area contributed by atoms with Crippen molar-refractivity contribution in [2.24, 2.45) is 17.6 Å². The van der Waals surface area contributed by atoms with Crippen molar-refractivity contribution in [3.63, 3.8) is 0 Å². The number of amides is 1. The third kappa shape index (κ3) is 2.71. The quantitative estimate of drug-likeness (QED) is 0.725. The van der Waals surface area contributed by atoms with E-state index in [-0.39, 0.29) is 11.9 Å². The third-order valence-electron chi connectivity index (χ3n) is 3.22. The van der Waals surface area contributed by atoms with Gasteiger partial charge >= 0.3 is 0 Å². The lowest BCUT2D eigenvalue weighted by Crippen LogP contribution is -2.47. The second-order valence-electron chi connectivity index (χ2n) is 4.69. The second-order valence-corrected chi connectivity index (χ2v) is 4.69. The molecule has 82 valence electrons. The molecule has 1 saturated heterocycles. The number of piperidine rings is 1. The van der Waals surface area contributed by atoms with Crippen molar-refractivity contribution in [1.29, 1.82) is 0 Å². The Morgan fingerprint density at radius 1 is 1.50 bits per heavy atom. The smallest absolute Gasteiger partial charge is 0.219 e. The van der Waals surface area contributed by atoms with Gasteiger partial charge in [0.1, 0.15) is 0 Å². The van der Waals surface area contributed by atoms with Crippen LogP contribution in [0, 0.1) is 11.8 Å². The molecule has 0 saturated carbocycles. The van der Waals surface area contributed by atoms with E-state index in [2.05, 4.69) is 13.8 Å². The van der Waals surface area contributed by atoms with Crippen LogP contribution in [0.5, 0.6) is 0 Å². The fourth-order valence-electron chi connectivity index (χ4n) is 2.15. The van der Waals surface area contributed by atoms with Crippen LogP contribution in [0.3, 0.4) is 0 Å². The Labute approximate surface area is 86.6 Å². The zero-order chi connectivity index (χ0) is 10.7. The predicted octanol–water partition coefficient (Wildman–Crippen LogP) is 1.23. The molecule has 1 aliphatic rings. The molecule has 0 radical (unpaired) electrons. The molecule has 0 aromatic carbocycles. The second kappa shape index (κ2) is 4.78. The first kappa shape index (κ1) is 11.5. The lowest BCUT2D eigenvalue weighted by molar-refractivity contribution is -0.130. The van der Waals surface area contributed by atoms with Crippen LogP contribution in [0.1, 0.15) is 33.6 Å². The van der Waals surface area contributed by atoms with Crippen LogP contribution in [-0.2, 0) is 4.79 Å². The molecule has 1 rings (SSSR count). The minimum atomic E-state index is 0.186. The van der Waals surface area contributed by atoms with E-state index in [4.69, 9.17) is 5.73 Å². The highest BCUT2D eigenvalue weighted by molar-refractivity contribution is 5.73. The molecule has 1 heterocycles. The van der Waals surface area contributed by atoms with Gasteiger partial charge in [0, 0.05) is 26.1 Å². The van der Waals surface area contributed by atoms with Crippen molar-refractivity contribution >= 4 is 5.91 Å². The van der Waals surface area contributed by atoms with Crippen LogP contribution >= 0.6 is 0 Å². The van der Waals surface area contributed by atoms with Gasteiger partial charge in [-0.15, -0.1) is 0 Å². The van der Waals surface area contributed by atoms with Crippen LogP contribution in [0.15, 0.2) is 0 Å². The summed E-state index contributed by atoms with van der Waals surface area (Å²) in [4.78, 5) is 13.1. The van der Waals surface area contributed by atoms with Crippen molar-refractivity contribution in [3.05, 3.63) is 0 Å². The first-order valence-corrected chi connectivity index (χ1v) is 5.53. The van der Waals surface area contributed by atoms with Crippen molar-refractivity contribution in [2.45, 2.75) is 39.7 Å². The van der Waals surface area contributed by atoms with E-state index >= 15 is 0 Å². The summed E-state index contributed by atoms with van der Waals surface area (Å²) >= 11 is 0. The van der Waals surface area contributed by atoms with Crippen molar-refractivity contribution in [1.82, 2.24) is 4.90 Å². The number of hydrogen-bond donors (Lipinski definition) is 1. The fourth-order valence-corrected chi connectivity index (χ4v) is 2.15. The molecule has 1 amide bonds. The standard InChI is InChI=1S/C11H22N2O/c1-8(2)11(12)10-5-4-6-13(7-10)9(3)14/h8,10-11H,4-7,12H2,1-3H3. The lowest BCUT2D eigenvalue weighted by Gasteiger charge is -2.36. The summed E-state index contributed by atoms with van der Waals surface area (Å²) in [6.45, 7) is 7.71. The van der Waals surface area contributed by atoms with Gasteiger partial charge in [-0.25, -0.2) is 0 Å². The largest absolute Gasteiger partial charge is 0.343 e. The normalized spacial score (nSPS) is 25.2. The van der Waals surface area contributed by atoms with Crippen LogP contribution in [-0.4, -0.2) is 29.9 Å². The Balaban J connectivity index is 2.51. The topological polar surface area (TPSA) is 46.3 Å². The van der Waals surface area contributed by atoms with Gasteiger partial charge in [0.25, 0.3) is 0 Å². The number of likely N-dealkylation sites (tertiary alicyclic amines) is 1. The summed E-state index contributed by atoms with van der Waals surface area (Å²) in [6.07, 6.45) is 2.27. The van der Waals surface area contributed by atoms with Gasteiger partial charge in [-0.3, -0.25) is 4.79 Å². The molecule has 1 fully saturated rings. The fraction of sp³-hybridized carbons (Fsp3) is 0.909. The molecular formula is C11H22N2O. The van der Waals surface area contributed by atoms with E-state index in [9.17, 15) is 4.79 Å². The highest BCUT2D eigenvalue weighted by Crippen LogP contribution is 2.22. The Bertz CT molecular complexity index is 203. The number of rotatable bonds is 2. The Morgan fingerprint density at radius 3 is 2.64 bits per heavy atom. The van der Waals surface area contributed by atoms with Crippen LogP contribution in [0.25, 0.3) is 0 Å². The van der Waals surface area contributed by atoms with Gasteiger partial charge in [0.05, 0.1) is 0 Å². The molecule has 0 bridgehead atoms. The first-order valence-electron chi connectivity index (χ1n) is 5.53. The van der Waals surface area contributed by atoms with Crippen LogP contribution in [0.4, 0.5) is 0 Å². The van der Waals surface area contributed by atoms with E-state index < -0.39 is 0 Å². The van der Waals surface area contributed by atoms with Gasteiger partial charge < -0.3 is 10.6 Å². The SMILES string of the molecule is CC(=O)N1CCCC(C(N)C(C)C)C1. The van der Waals surface area contributed by atoms with Crippen LogP contribution in [0.2, 0.25) is 0 Å². The first-order chi connectivity index (χ1) is 6.52. The maximum absolute atomic E-state index is 11.2. The summed E-state index contributed by atoms with van der Waals surface area (Å²) < 4.78 is 0. The molecular weight excluding hydrogens is 176 g/mol. The van der Waals surface area contributed by atoms with Gasteiger partial charge in [0.15, 0.2) is 0 Å². The number of hydrogen-bond acceptors (Lipinski definition) is 2. The molecule has 2 unspecified atom stereocenters. The zero-order valence-electron chi connectivity index (χ0n) is 9.49. The van der Waals surface area contributed by atoms with Crippen molar-refractivity contribution in [2.75, 3.05) is 13.1 Å². The monoisotopic (exact) mass is 198 g/mol. The van der Waals surface area contributed by atoms with Crippen molar-refractivity contribution in [3.8, 4) is 0 Å². The van der Waals surface area contributed by atoms with E-state index in [1.165, 1.54) is 6.42 Å². The Kier molecular flexibility index (Phi) is 3.93. The summed E-state index contributed by atoms with van der Waals surface area (Å²) in [5.41, 5.74) is 6.12. The molecule has 3 heteroatoms. The van der Waals surface area contributed by atoms with E-state index in [0.29, 0.717) is 11.8 Å². The highest BCUT2D eigenvalue weighted by Gasteiger charge is 2.27. The molecule has 0 aromatic rings. The summed E-state index contributed by atoms with van der Waals surface area (Å²) in [7, 11) is 0. The molecule has 0 spiro atoms. The predicted molar refractivity (Wildman–Crippen MR) is 57.8 cm³/mol. The molecule has 1 aliphatic heterocycles. The number of nitrogens with two attached hydrogens (primary N) is 1. The van der Waals surface area contributed by atoms with Crippen LogP contribution < -0.4 is 5.73 Å². The van der Waals surface area contributed by atoms with E-state index in [1.54, 1.807) is 6.92 Å². The molecule has 2 N–H and O–H groups in total. The third-order valence-corrected chi connectivity index (χ3v) is 3.22. The van der Waals surface area contributed by atoms with Gasteiger partial charge in [-0.05, 0) is 24.7 Å². The van der Waals surface area contributed by atoms with Gasteiger partial charge in [0.2, 0.25) is 5.91 Å². The number of carbonyl (C=O) groups excluding carboxylic acids is 1. The molecule has 0 aromatic heterocycles. The average Bonchev–Trinajstić information content (AvgIpc) is 2.16. The maximum atomic E-state index is 11.2. The van der Waals surface area contributed by atoms with Gasteiger partial charge in [-0.1, -0.05) is 13.8 Å². The minimum Gasteiger partial charge on any atom is -0.343 e. The molecule has 2 atom stereocenters. The Morgan fingerprint density at radius 2 is 2.14 bits per heavy atom. The minimum absolute atomic E-state index is 0.186. The van der Waals surface area contributed by atoms with E-state index in [1.807, 2.05) is 4.90 Å². The summed E-state index contributed by atoms with van der Waals surface area (Å²) in [6, 6.07) is 0.233. The maximum Gasteiger partial charge on any atom is 0.219 e.